The van der Waals surface area contributed by atoms with Gasteiger partial charge in [0.05, 0.1) is 13.7 Å². The van der Waals surface area contributed by atoms with Gasteiger partial charge in [-0.25, -0.2) is 0 Å². The van der Waals surface area contributed by atoms with E-state index in [9.17, 15) is 4.79 Å². The molecule has 0 aromatic heterocycles. The van der Waals surface area contributed by atoms with Crippen LogP contribution in [0.15, 0.2) is 42.5 Å². The van der Waals surface area contributed by atoms with Crippen LogP contribution in [-0.4, -0.2) is 92.7 Å². The summed E-state index contributed by atoms with van der Waals surface area (Å²) in [6.45, 7) is 8.10. The predicted molar refractivity (Wildman–Crippen MR) is 138 cm³/mol. The third-order valence-corrected chi connectivity index (χ3v) is 7.93. The molecule has 3 aliphatic rings. The van der Waals surface area contributed by atoms with E-state index in [0.29, 0.717) is 17.5 Å². The number of amides is 1. The number of hydrogen-bond acceptors (Lipinski definition) is 5. The molecule has 3 fully saturated rings. The molecular formula is C27H35ClN4O2. The Morgan fingerprint density at radius 2 is 1.65 bits per heavy atom. The molecule has 0 spiro atoms. The van der Waals surface area contributed by atoms with E-state index >= 15 is 0 Å². The number of rotatable bonds is 6. The minimum Gasteiger partial charge on any atom is -0.496 e. The lowest BCUT2D eigenvalue weighted by molar-refractivity contribution is -0.134. The van der Waals surface area contributed by atoms with E-state index < -0.39 is 0 Å². The molecule has 2 aliphatic heterocycles. The molecule has 0 unspecified atom stereocenters. The summed E-state index contributed by atoms with van der Waals surface area (Å²) in [5, 5.41) is 0.700. The fourth-order valence-electron chi connectivity index (χ4n) is 5.30. The van der Waals surface area contributed by atoms with Crippen LogP contribution in [0.3, 0.4) is 0 Å². The van der Waals surface area contributed by atoms with Crippen molar-refractivity contribution in [1.29, 1.82) is 0 Å². The molecule has 2 saturated heterocycles. The zero-order valence-electron chi connectivity index (χ0n) is 20.1. The number of halogens is 1. The highest BCUT2D eigenvalue weighted by Gasteiger charge is 2.30. The Hall–Kier alpha value is -2.28. The number of methoxy groups -OCH3 is 1. The number of benzene rings is 2. The summed E-state index contributed by atoms with van der Waals surface area (Å²) in [6, 6.07) is 15.1. The number of carbonyl (C=O) groups excluding carboxylic acids is 1. The van der Waals surface area contributed by atoms with Crippen molar-refractivity contribution >= 4 is 23.2 Å². The van der Waals surface area contributed by atoms with E-state index in [2.05, 4.69) is 43.9 Å². The molecule has 182 valence electrons. The third-order valence-electron chi connectivity index (χ3n) is 7.69. The number of ether oxygens (including phenoxy) is 1. The molecule has 2 aromatic carbocycles. The van der Waals surface area contributed by atoms with Crippen molar-refractivity contribution in [3.63, 3.8) is 0 Å². The SMILES string of the molecule is COc1ccc(Cl)cc1-c1ccc(N2CCN(CC(=O)N3CCN(C4CCC4)CC3)CC2)cc1. The first-order valence-electron chi connectivity index (χ1n) is 12.5. The second-order valence-electron chi connectivity index (χ2n) is 9.66. The Morgan fingerprint density at radius 3 is 2.26 bits per heavy atom. The average molecular weight is 483 g/mol. The molecule has 7 heteroatoms. The van der Waals surface area contributed by atoms with Crippen LogP contribution in [0.4, 0.5) is 5.69 Å². The highest BCUT2D eigenvalue weighted by atomic mass is 35.5. The zero-order chi connectivity index (χ0) is 23.5. The first-order valence-corrected chi connectivity index (χ1v) is 12.9. The molecule has 0 radical (unpaired) electrons. The smallest absolute Gasteiger partial charge is 0.236 e. The largest absolute Gasteiger partial charge is 0.496 e. The standard InChI is InChI=1S/C27H35ClN4O2/c1-34-26-10-7-22(28)19-25(26)21-5-8-24(9-6-21)30-13-11-29(12-14-30)20-27(33)32-17-15-31(16-18-32)23-3-2-4-23/h5-10,19,23H,2-4,11-18,20H2,1H3. The third kappa shape index (κ3) is 5.19. The maximum Gasteiger partial charge on any atom is 0.236 e. The second kappa shape index (κ2) is 10.5. The fraction of sp³-hybridized carbons (Fsp3) is 0.519. The topological polar surface area (TPSA) is 39.3 Å². The first kappa shape index (κ1) is 23.5. The highest BCUT2D eigenvalue weighted by molar-refractivity contribution is 6.31. The van der Waals surface area contributed by atoms with Gasteiger partial charge in [0.25, 0.3) is 0 Å². The average Bonchev–Trinajstić information content (AvgIpc) is 2.84. The van der Waals surface area contributed by atoms with Crippen LogP contribution in [0, 0.1) is 0 Å². The Balaban J connectivity index is 1.11. The summed E-state index contributed by atoms with van der Waals surface area (Å²) in [6.07, 6.45) is 4.06. The monoisotopic (exact) mass is 482 g/mol. The summed E-state index contributed by atoms with van der Waals surface area (Å²) in [5.74, 6) is 1.11. The van der Waals surface area contributed by atoms with Gasteiger partial charge in [-0.15, -0.1) is 0 Å². The van der Waals surface area contributed by atoms with Crippen LogP contribution in [0.1, 0.15) is 19.3 Å². The lowest BCUT2D eigenvalue weighted by atomic mass is 9.91. The molecule has 1 saturated carbocycles. The van der Waals surface area contributed by atoms with Gasteiger partial charge in [0.15, 0.2) is 0 Å². The summed E-state index contributed by atoms with van der Waals surface area (Å²) < 4.78 is 5.50. The van der Waals surface area contributed by atoms with E-state index in [1.807, 2.05) is 18.2 Å². The fourth-order valence-corrected chi connectivity index (χ4v) is 5.47. The minimum atomic E-state index is 0.293. The van der Waals surface area contributed by atoms with Gasteiger partial charge in [0.1, 0.15) is 5.75 Å². The van der Waals surface area contributed by atoms with E-state index in [0.717, 1.165) is 75.3 Å². The molecular weight excluding hydrogens is 448 g/mol. The Labute approximate surface area is 208 Å². The van der Waals surface area contributed by atoms with E-state index in [4.69, 9.17) is 16.3 Å². The highest BCUT2D eigenvalue weighted by Crippen LogP contribution is 2.33. The van der Waals surface area contributed by atoms with Crippen molar-refractivity contribution in [3.8, 4) is 16.9 Å². The van der Waals surface area contributed by atoms with Crippen molar-refractivity contribution < 1.29 is 9.53 Å². The zero-order valence-corrected chi connectivity index (χ0v) is 20.8. The normalized spacial score (nSPS) is 20.3. The molecule has 0 N–H and O–H groups in total. The Morgan fingerprint density at radius 1 is 0.941 bits per heavy atom. The maximum atomic E-state index is 12.9. The van der Waals surface area contributed by atoms with E-state index in [-0.39, 0.29) is 0 Å². The van der Waals surface area contributed by atoms with Crippen molar-refractivity contribution in [3.05, 3.63) is 47.5 Å². The van der Waals surface area contributed by atoms with Gasteiger partial charge >= 0.3 is 0 Å². The number of piperazine rings is 2. The van der Waals surface area contributed by atoms with Crippen molar-refractivity contribution in [1.82, 2.24) is 14.7 Å². The lowest BCUT2D eigenvalue weighted by Gasteiger charge is -2.43. The van der Waals surface area contributed by atoms with Gasteiger partial charge in [-0.05, 0) is 48.7 Å². The number of nitrogens with zero attached hydrogens (tertiary/aromatic N) is 4. The van der Waals surface area contributed by atoms with Crippen LogP contribution < -0.4 is 9.64 Å². The van der Waals surface area contributed by atoms with Crippen molar-refractivity contribution in [2.24, 2.45) is 0 Å². The van der Waals surface area contributed by atoms with Crippen molar-refractivity contribution in [2.45, 2.75) is 25.3 Å². The van der Waals surface area contributed by atoms with E-state index in [1.54, 1.807) is 7.11 Å². The molecule has 0 atom stereocenters. The van der Waals surface area contributed by atoms with Crippen LogP contribution >= 0.6 is 11.6 Å². The van der Waals surface area contributed by atoms with Gasteiger partial charge in [-0.3, -0.25) is 14.6 Å². The van der Waals surface area contributed by atoms with Gasteiger partial charge < -0.3 is 14.5 Å². The second-order valence-corrected chi connectivity index (χ2v) is 10.1. The number of carbonyl (C=O) groups is 1. The Bertz CT molecular complexity index is 979. The summed E-state index contributed by atoms with van der Waals surface area (Å²) in [4.78, 5) is 22.2. The molecule has 2 heterocycles. The van der Waals surface area contributed by atoms with Crippen LogP contribution in [0.25, 0.3) is 11.1 Å². The number of hydrogen-bond donors (Lipinski definition) is 0. The lowest BCUT2D eigenvalue weighted by Crippen LogP contribution is -2.56. The van der Waals surface area contributed by atoms with Gasteiger partial charge in [-0.2, -0.15) is 0 Å². The van der Waals surface area contributed by atoms with E-state index in [1.165, 1.54) is 24.9 Å². The molecule has 1 aliphatic carbocycles. The molecule has 34 heavy (non-hydrogen) atoms. The molecule has 2 aromatic rings. The maximum absolute atomic E-state index is 12.9. The predicted octanol–water partition coefficient (Wildman–Crippen LogP) is 3.83. The summed E-state index contributed by atoms with van der Waals surface area (Å²) in [7, 11) is 1.68. The van der Waals surface area contributed by atoms with Gasteiger partial charge in [0.2, 0.25) is 5.91 Å². The summed E-state index contributed by atoms with van der Waals surface area (Å²) >= 11 is 6.21. The van der Waals surface area contributed by atoms with Crippen LogP contribution in [0.2, 0.25) is 5.02 Å². The molecule has 0 bridgehead atoms. The van der Waals surface area contributed by atoms with Gasteiger partial charge in [-0.1, -0.05) is 30.2 Å². The first-order chi connectivity index (χ1) is 16.6. The van der Waals surface area contributed by atoms with Crippen molar-refractivity contribution in [2.75, 3.05) is 70.9 Å². The molecule has 6 nitrogen and oxygen atoms in total. The van der Waals surface area contributed by atoms with Crippen LogP contribution in [0.5, 0.6) is 5.75 Å². The molecule has 1 amide bonds. The summed E-state index contributed by atoms with van der Waals surface area (Å²) in [5.41, 5.74) is 3.30. The molecule has 5 rings (SSSR count). The quantitative estimate of drug-likeness (QED) is 0.625. The van der Waals surface area contributed by atoms with Gasteiger partial charge in [0, 0.05) is 74.7 Å². The Kier molecular flexibility index (Phi) is 7.28. The minimum absolute atomic E-state index is 0.293. The number of anilines is 1. The van der Waals surface area contributed by atoms with Crippen LogP contribution in [-0.2, 0) is 4.79 Å².